The van der Waals surface area contributed by atoms with Crippen molar-refractivity contribution in [2.24, 2.45) is 0 Å². The maximum atomic E-state index is 13.9. The maximum absolute atomic E-state index is 13.9. The van der Waals surface area contributed by atoms with E-state index in [0.29, 0.717) is 37.6 Å². The lowest BCUT2D eigenvalue weighted by atomic mass is 10.2. The molecule has 0 unspecified atom stereocenters. The Kier molecular flexibility index (Phi) is 6.05. The van der Waals surface area contributed by atoms with Crippen LogP contribution in [0.3, 0.4) is 0 Å². The molecule has 0 atom stereocenters. The second kappa shape index (κ2) is 8.66. The SMILES string of the molecule is COc1cc([N+](=O)[O-])ccc1NC(=O)C[NH+]1CCN(c2ccccc2F)CC1. The van der Waals surface area contributed by atoms with Crippen molar-refractivity contribution in [3.63, 3.8) is 0 Å². The van der Waals surface area contributed by atoms with Crippen LogP contribution in [-0.4, -0.2) is 50.7 Å². The first-order valence-corrected chi connectivity index (χ1v) is 8.93. The molecule has 3 rings (SSSR count). The second-order valence-corrected chi connectivity index (χ2v) is 6.56. The van der Waals surface area contributed by atoms with Gasteiger partial charge in [-0.05, 0) is 18.2 Å². The van der Waals surface area contributed by atoms with Crippen LogP contribution in [0, 0.1) is 15.9 Å². The summed E-state index contributed by atoms with van der Waals surface area (Å²) in [4.78, 5) is 25.8. The van der Waals surface area contributed by atoms with Crippen molar-refractivity contribution in [3.05, 3.63) is 58.4 Å². The van der Waals surface area contributed by atoms with Crippen LogP contribution in [0.25, 0.3) is 0 Å². The van der Waals surface area contributed by atoms with Crippen molar-refractivity contribution in [2.75, 3.05) is 50.1 Å². The molecule has 9 heteroatoms. The zero-order valence-corrected chi connectivity index (χ0v) is 15.5. The average Bonchev–Trinajstić information content (AvgIpc) is 2.69. The molecular weight excluding hydrogens is 367 g/mol. The Morgan fingerprint density at radius 2 is 2.00 bits per heavy atom. The number of carbonyl (C=O) groups excluding carboxylic acids is 1. The highest BCUT2D eigenvalue weighted by molar-refractivity contribution is 5.93. The Morgan fingerprint density at radius 1 is 1.29 bits per heavy atom. The van der Waals surface area contributed by atoms with Gasteiger partial charge in [0.15, 0.2) is 6.54 Å². The quantitative estimate of drug-likeness (QED) is 0.570. The number of amides is 1. The molecule has 0 radical (unpaired) electrons. The minimum absolute atomic E-state index is 0.107. The van der Waals surface area contributed by atoms with Gasteiger partial charge in [-0.3, -0.25) is 14.9 Å². The number of halogens is 1. The number of methoxy groups -OCH3 is 1. The van der Waals surface area contributed by atoms with E-state index in [9.17, 15) is 19.3 Å². The summed E-state index contributed by atoms with van der Waals surface area (Å²) in [6, 6.07) is 10.7. The van der Waals surface area contributed by atoms with Crippen LogP contribution in [0.1, 0.15) is 0 Å². The first kappa shape index (κ1) is 19.6. The van der Waals surface area contributed by atoms with E-state index >= 15 is 0 Å². The first-order valence-electron chi connectivity index (χ1n) is 8.93. The number of nitro benzene ring substituents is 1. The fourth-order valence-corrected chi connectivity index (χ4v) is 3.27. The van der Waals surface area contributed by atoms with Gasteiger partial charge in [-0.1, -0.05) is 12.1 Å². The summed E-state index contributed by atoms with van der Waals surface area (Å²) >= 11 is 0. The number of nitrogens with one attached hydrogen (secondary N) is 2. The second-order valence-electron chi connectivity index (χ2n) is 6.56. The summed E-state index contributed by atoms with van der Waals surface area (Å²) in [5, 5.41) is 13.6. The van der Waals surface area contributed by atoms with Crippen LogP contribution in [0.5, 0.6) is 5.75 Å². The van der Waals surface area contributed by atoms with Crippen LogP contribution in [0.4, 0.5) is 21.5 Å². The molecule has 0 spiro atoms. The summed E-state index contributed by atoms with van der Waals surface area (Å²) in [5.74, 6) is -0.211. The molecular formula is C19H22FN4O4+. The van der Waals surface area contributed by atoms with Gasteiger partial charge in [-0.25, -0.2) is 4.39 Å². The van der Waals surface area contributed by atoms with Crippen molar-refractivity contribution in [1.82, 2.24) is 0 Å². The molecule has 0 saturated carbocycles. The van der Waals surface area contributed by atoms with Crippen molar-refractivity contribution < 1.29 is 23.7 Å². The lowest BCUT2D eigenvalue weighted by Crippen LogP contribution is -3.15. The molecule has 1 saturated heterocycles. The van der Waals surface area contributed by atoms with E-state index < -0.39 is 4.92 Å². The fourth-order valence-electron chi connectivity index (χ4n) is 3.27. The Hall–Kier alpha value is -3.20. The summed E-state index contributed by atoms with van der Waals surface area (Å²) in [6.07, 6.45) is 0. The molecule has 0 bridgehead atoms. The number of hydrogen-bond acceptors (Lipinski definition) is 5. The van der Waals surface area contributed by atoms with Gasteiger partial charge in [-0.2, -0.15) is 0 Å². The van der Waals surface area contributed by atoms with Crippen molar-refractivity contribution in [1.29, 1.82) is 0 Å². The highest BCUT2D eigenvalue weighted by atomic mass is 19.1. The van der Waals surface area contributed by atoms with Crippen molar-refractivity contribution in [3.8, 4) is 5.75 Å². The first-order chi connectivity index (χ1) is 13.5. The van der Waals surface area contributed by atoms with Gasteiger partial charge >= 0.3 is 0 Å². The smallest absolute Gasteiger partial charge is 0.279 e. The minimum Gasteiger partial charge on any atom is -0.494 e. The number of non-ortho nitro benzene ring substituents is 1. The lowest BCUT2D eigenvalue weighted by Gasteiger charge is -2.33. The molecule has 0 aromatic heterocycles. The zero-order valence-electron chi connectivity index (χ0n) is 15.5. The maximum Gasteiger partial charge on any atom is 0.279 e. The number of benzene rings is 2. The largest absolute Gasteiger partial charge is 0.494 e. The van der Waals surface area contributed by atoms with Crippen LogP contribution in [-0.2, 0) is 4.79 Å². The Balaban J connectivity index is 1.55. The summed E-state index contributed by atoms with van der Waals surface area (Å²) in [7, 11) is 1.39. The molecule has 1 fully saturated rings. The number of anilines is 2. The Labute approximate surface area is 161 Å². The van der Waals surface area contributed by atoms with Crippen molar-refractivity contribution >= 4 is 23.0 Å². The van der Waals surface area contributed by atoms with E-state index in [1.165, 1.54) is 31.4 Å². The van der Waals surface area contributed by atoms with Gasteiger partial charge < -0.3 is 19.9 Å². The van der Waals surface area contributed by atoms with Gasteiger partial charge in [0.05, 0.1) is 55.7 Å². The number of nitro groups is 1. The van der Waals surface area contributed by atoms with Gasteiger partial charge in [0.1, 0.15) is 11.6 Å². The van der Waals surface area contributed by atoms with Crippen LogP contribution in [0.2, 0.25) is 0 Å². The van der Waals surface area contributed by atoms with Crippen LogP contribution < -0.4 is 19.9 Å². The molecule has 2 aromatic carbocycles. The van der Waals surface area contributed by atoms with Gasteiger partial charge in [0, 0.05) is 6.07 Å². The summed E-state index contributed by atoms with van der Waals surface area (Å²) in [5.41, 5.74) is 0.869. The lowest BCUT2D eigenvalue weighted by molar-refractivity contribution is -0.892. The molecule has 1 heterocycles. The van der Waals surface area contributed by atoms with E-state index in [0.717, 1.165) is 4.90 Å². The number of para-hydroxylation sites is 1. The number of piperazine rings is 1. The Morgan fingerprint density at radius 3 is 2.64 bits per heavy atom. The van der Waals surface area contributed by atoms with Gasteiger partial charge in [0.2, 0.25) is 0 Å². The topological polar surface area (TPSA) is 89.1 Å². The standard InChI is InChI=1S/C19H21FN4O4/c1-28-18-12-14(24(26)27)6-7-16(18)21-19(25)13-22-8-10-23(11-9-22)17-5-3-2-4-15(17)20/h2-7,12H,8-11,13H2,1H3,(H,21,25)/p+1. The van der Waals surface area contributed by atoms with Crippen molar-refractivity contribution in [2.45, 2.75) is 0 Å². The predicted octanol–water partition coefficient (Wildman–Crippen LogP) is 1.09. The van der Waals surface area contributed by atoms with E-state index in [-0.39, 0.29) is 29.7 Å². The fraction of sp³-hybridized carbons (Fsp3) is 0.316. The summed E-state index contributed by atoms with van der Waals surface area (Å²) in [6.45, 7) is 2.98. The molecule has 2 N–H and O–H groups in total. The molecule has 148 valence electrons. The van der Waals surface area contributed by atoms with Gasteiger partial charge in [-0.15, -0.1) is 0 Å². The third-order valence-corrected chi connectivity index (χ3v) is 4.74. The molecule has 28 heavy (non-hydrogen) atoms. The zero-order chi connectivity index (χ0) is 20.1. The number of hydrogen-bond donors (Lipinski definition) is 2. The Bertz CT molecular complexity index is 869. The molecule has 1 amide bonds. The van der Waals surface area contributed by atoms with E-state index in [1.807, 2.05) is 11.0 Å². The number of carbonyl (C=O) groups is 1. The van der Waals surface area contributed by atoms with E-state index in [1.54, 1.807) is 12.1 Å². The van der Waals surface area contributed by atoms with E-state index in [2.05, 4.69) is 5.32 Å². The highest BCUT2D eigenvalue weighted by Gasteiger charge is 2.24. The number of rotatable bonds is 6. The van der Waals surface area contributed by atoms with Gasteiger partial charge in [0.25, 0.3) is 11.6 Å². The average molecular weight is 389 g/mol. The van der Waals surface area contributed by atoms with E-state index in [4.69, 9.17) is 4.74 Å². The number of ether oxygens (including phenoxy) is 1. The normalized spacial score (nSPS) is 14.6. The molecule has 2 aromatic rings. The molecule has 8 nitrogen and oxygen atoms in total. The third kappa shape index (κ3) is 4.55. The number of nitrogens with zero attached hydrogens (tertiary/aromatic N) is 2. The predicted molar refractivity (Wildman–Crippen MR) is 102 cm³/mol. The monoisotopic (exact) mass is 389 g/mol. The molecule has 1 aliphatic rings. The summed E-state index contributed by atoms with van der Waals surface area (Å²) < 4.78 is 19.0. The third-order valence-electron chi connectivity index (χ3n) is 4.74. The number of quaternary nitrogens is 1. The highest BCUT2D eigenvalue weighted by Crippen LogP contribution is 2.28. The van der Waals surface area contributed by atoms with Crippen LogP contribution >= 0.6 is 0 Å². The molecule has 1 aliphatic heterocycles. The minimum atomic E-state index is -0.521. The van der Waals surface area contributed by atoms with Crippen LogP contribution in [0.15, 0.2) is 42.5 Å². The molecule has 0 aliphatic carbocycles.